The Morgan fingerprint density at radius 1 is 1.05 bits per heavy atom. The van der Waals surface area contributed by atoms with Crippen molar-refractivity contribution in [2.45, 2.75) is 25.4 Å². The number of ether oxygens (including phenoxy) is 1. The highest BCUT2D eigenvalue weighted by Crippen LogP contribution is 2.54. The van der Waals surface area contributed by atoms with Crippen molar-refractivity contribution in [1.82, 2.24) is 19.5 Å². The number of hydrogen-bond donors (Lipinski definition) is 1. The second-order valence-corrected chi connectivity index (χ2v) is 10.9. The van der Waals surface area contributed by atoms with Crippen LogP contribution in [0.2, 0.25) is 10.0 Å². The molecular formula is C28H25Cl2N7O3. The van der Waals surface area contributed by atoms with Crippen molar-refractivity contribution >= 4 is 52.3 Å². The van der Waals surface area contributed by atoms with Gasteiger partial charge in [-0.1, -0.05) is 35.3 Å². The Labute approximate surface area is 240 Å². The van der Waals surface area contributed by atoms with Crippen LogP contribution in [0, 0.1) is 0 Å². The van der Waals surface area contributed by atoms with Crippen molar-refractivity contribution in [3.63, 3.8) is 0 Å². The Bertz CT molecular complexity index is 1720. The van der Waals surface area contributed by atoms with Gasteiger partial charge in [0.25, 0.3) is 11.8 Å². The second kappa shape index (κ2) is 9.21. The summed E-state index contributed by atoms with van der Waals surface area (Å²) < 4.78 is 7.52. The maximum absolute atomic E-state index is 14.3. The monoisotopic (exact) mass is 577 g/mol. The van der Waals surface area contributed by atoms with Gasteiger partial charge in [-0.25, -0.2) is 9.97 Å². The number of fused-ring (bicyclic) bond motifs is 4. The number of anilines is 3. The number of aromatic nitrogens is 4. The number of nitrogens with zero attached hydrogens (tertiary/aromatic N) is 6. The first-order chi connectivity index (χ1) is 19.1. The minimum Gasteiger partial charge on any atom is -0.480 e. The summed E-state index contributed by atoms with van der Waals surface area (Å²) in [7, 11) is 5.17. The summed E-state index contributed by atoms with van der Waals surface area (Å²) in [5, 5.41) is 3.84. The van der Waals surface area contributed by atoms with Crippen LogP contribution in [-0.2, 0) is 10.3 Å². The lowest BCUT2D eigenvalue weighted by Crippen LogP contribution is -2.51. The molecular weight excluding hydrogens is 553 g/mol. The lowest BCUT2D eigenvalue weighted by atomic mass is 9.87. The van der Waals surface area contributed by atoms with Gasteiger partial charge >= 0.3 is 0 Å². The molecule has 6 rings (SSSR count). The van der Waals surface area contributed by atoms with Crippen molar-refractivity contribution in [1.29, 1.82) is 0 Å². The quantitative estimate of drug-likeness (QED) is 0.349. The largest absolute Gasteiger partial charge is 0.480 e. The zero-order valence-corrected chi connectivity index (χ0v) is 23.9. The number of hydrogen-bond acceptors (Lipinski definition) is 7. The van der Waals surface area contributed by atoms with Crippen molar-refractivity contribution < 1.29 is 14.3 Å². The molecule has 0 radical (unpaired) electrons. The number of imidazole rings is 1. The molecule has 0 bridgehead atoms. The number of carbonyl (C=O) groups excluding carboxylic acids is 2. The molecule has 4 aromatic rings. The first-order valence-electron chi connectivity index (χ1n) is 12.5. The van der Waals surface area contributed by atoms with Crippen LogP contribution in [0.25, 0.3) is 11.4 Å². The third-order valence-electron chi connectivity index (χ3n) is 7.10. The summed E-state index contributed by atoms with van der Waals surface area (Å²) in [5.41, 5.74) is 1.03. The molecule has 0 saturated heterocycles. The molecule has 1 N–H and O–H groups in total. The van der Waals surface area contributed by atoms with Gasteiger partial charge in [0.15, 0.2) is 11.2 Å². The number of rotatable bonds is 5. The Morgan fingerprint density at radius 2 is 1.80 bits per heavy atom. The fourth-order valence-corrected chi connectivity index (χ4v) is 5.88. The zero-order valence-electron chi connectivity index (χ0n) is 22.4. The van der Waals surface area contributed by atoms with Gasteiger partial charge in [0.05, 0.1) is 18.4 Å². The second-order valence-electron chi connectivity index (χ2n) is 10.1. The van der Waals surface area contributed by atoms with Crippen molar-refractivity contribution in [2.24, 2.45) is 0 Å². The molecule has 0 saturated carbocycles. The topological polar surface area (TPSA) is 105 Å². The summed E-state index contributed by atoms with van der Waals surface area (Å²) in [5.74, 6) is 0.310. The molecule has 0 fully saturated rings. The van der Waals surface area contributed by atoms with E-state index >= 15 is 0 Å². The van der Waals surface area contributed by atoms with Gasteiger partial charge in [-0.3, -0.25) is 14.5 Å². The Balaban J connectivity index is 1.70. The van der Waals surface area contributed by atoms with E-state index in [0.29, 0.717) is 55.9 Å². The van der Waals surface area contributed by atoms with Crippen molar-refractivity contribution in [3.05, 3.63) is 75.7 Å². The lowest BCUT2D eigenvalue weighted by molar-refractivity contribution is -0.119. The molecule has 0 aliphatic carbocycles. The van der Waals surface area contributed by atoms with Crippen LogP contribution in [0.4, 0.5) is 17.3 Å². The molecule has 1 atom stereocenters. The zero-order chi connectivity index (χ0) is 28.5. The van der Waals surface area contributed by atoms with Crippen LogP contribution >= 0.6 is 23.2 Å². The van der Waals surface area contributed by atoms with Crippen molar-refractivity contribution in [2.75, 3.05) is 36.3 Å². The van der Waals surface area contributed by atoms with E-state index in [4.69, 9.17) is 32.9 Å². The Morgan fingerprint density at radius 3 is 2.48 bits per heavy atom. The van der Waals surface area contributed by atoms with Crippen LogP contribution in [-0.4, -0.2) is 52.5 Å². The van der Waals surface area contributed by atoms with Crippen LogP contribution < -0.4 is 19.9 Å². The Hall–Kier alpha value is -4.15. The van der Waals surface area contributed by atoms with E-state index in [1.807, 2.05) is 32.5 Å². The van der Waals surface area contributed by atoms with Gasteiger partial charge in [0.2, 0.25) is 11.8 Å². The lowest BCUT2D eigenvalue weighted by Gasteiger charge is -2.35. The number of halogens is 2. The van der Waals surface area contributed by atoms with Crippen LogP contribution in [0.5, 0.6) is 5.88 Å². The minimum absolute atomic E-state index is 0.139. The fourth-order valence-electron chi connectivity index (χ4n) is 5.52. The predicted octanol–water partition coefficient (Wildman–Crippen LogP) is 5.16. The third kappa shape index (κ3) is 3.52. The van der Waals surface area contributed by atoms with Gasteiger partial charge in [-0.2, -0.15) is 4.98 Å². The number of benzene rings is 2. The molecule has 10 nitrogen and oxygen atoms in total. The van der Waals surface area contributed by atoms with Crippen LogP contribution in [0.1, 0.15) is 41.6 Å². The van der Waals surface area contributed by atoms with E-state index in [0.717, 1.165) is 0 Å². The van der Waals surface area contributed by atoms with E-state index in [1.54, 1.807) is 53.6 Å². The van der Waals surface area contributed by atoms with E-state index in [9.17, 15) is 9.59 Å². The average molecular weight is 578 g/mol. The van der Waals surface area contributed by atoms with Crippen molar-refractivity contribution in [3.8, 4) is 17.3 Å². The van der Waals surface area contributed by atoms with Crippen LogP contribution in [0.3, 0.4) is 0 Å². The van der Waals surface area contributed by atoms with Gasteiger partial charge < -0.3 is 19.5 Å². The van der Waals surface area contributed by atoms with Gasteiger partial charge in [0.1, 0.15) is 5.82 Å². The summed E-state index contributed by atoms with van der Waals surface area (Å²) >= 11 is 12.7. The molecule has 1 spiro atoms. The molecule has 4 heterocycles. The maximum Gasteiger partial charge on any atom is 0.280 e. The predicted molar refractivity (Wildman–Crippen MR) is 154 cm³/mol. The molecule has 204 valence electrons. The smallest absolute Gasteiger partial charge is 0.280 e. The third-order valence-corrected chi connectivity index (χ3v) is 7.57. The maximum atomic E-state index is 14.3. The first-order valence-corrected chi connectivity index (χ1v) is 13.3. The van der Waals surface area contributed by atoms with Gasteiger partial charge in [-0.05, 0) is 44.2 Å². The summed E-state index contributed by atoms with van der Waals surface area (Å²) in [6.45, 7) is 3.92. The normalized spacial score (nSPS) is 17.4. The highest BCUT2D eigenvalue weighted by atomic mass is 35.5. The summed E-state index contributed by atoms with van der Waals surface area (Å²) in [6, 6.07) is 11.8. The number of methoxy groups -OCH3 is 1. The number of amides is 2. The van der Waals surface area contributed by atoms with E-state index in [2.05, 4.69) is 15.3 Å². The first kappa shape index (κ1) is 26.1. The minimum atomic E-state index is -1.58. The SMILES string of the molecule is COc1nc(N(C)C)ncc1-c1nc2c(n1C(C)C)[C@]1(C(=O)Nc3cc(Cl)ccc31)N(c1cccc(Cl)c1)C2=O. The van der Waals surface area contributed by atoms with E-state index in [-0.39, 0.29) is 11.7 Å². The molecule has 0 unspecified atom stereocenters. The fraction of sp³-hybridized carbons (Fsp3) is 0.250. The average Bonchev–Trinajstić information content (AvgIpc) is 3.52. The molecule has 40 heavy (non-hydrogen) atoms. The number of carbonyl (C=O) groups is 2. The Kier molecular flexibility index (Phi) is 6.01. The molecule has 2 aliphatic rings. The van der Waals surface area contributed by atoms with Crippen LogP contribution in [0.15, 0.2) is 48.7 Å². The highest BCUT2D eigenvalue weighted by Gasteiger charge is 2.64. The van der Waals surface area contributed by atoms with Gasteiger partial charge in [0, 0.05) is 53.3 Å². The molecule has 2 aliphatic heterocycles. The molecule has 2 aromatic carbocycles. The highest BCUT2D eigenvalue weighted by molar-refractivity contribution is 6.32. The molecule has 12 heteroatoms. The molecule has 2 amide bonds. The summed E-state index contributed by atoms with van der Waals surface area (Å²) in [6.07, 6.45) is 1.62. The standard InChI is InChI=1S/C28H25Cl2N7O3/c1-14(2)36-22-21(33-23(36)18-13-31-27(35(3)4)34-24(18)40-5)25(38)37(17-8-6-7-15(29)11-17)28(22)19-10-9-16(30)12-20(19)32-26(28)39/h6-14H,1-5H3,(H,32,39)/t28-/m1/s1. The molecule has 2 aromatic heterocycles. The van der Waals surface area contributed by atoms with E-state index in [1.165, 1.54) is 12.0 Å². The summed E-state index contributed by atoms with van der Waals surface area (Å²) in [4.78, 5) is 45.6. The van der Waals surface area contributed by atoms with Gasteiger partial charge in [-0.15, -0.1) is 0 Å². The number of nitrogens with one attached hydrogen (secondary N) is 1. The van der Waals surface area contributed by atoms with E-state index < -0.39 is 17.4 Å².